The number of halogens is 1. The number of amides is 1. The highest BCUT2D eigenvalue weighted by atomic mass is 35.5. The van der Waals surface area contributed by atoms with Crippen LogP contribution in [0, 0.1) is 20.8 Å². The molecule has 4 aromatic rings. The number of nitrogens with zero attached hydrogens (tertiary/aromatic N) is 3. The molecule has 0 radical (unpaired) electrons. The van der Waals surface area contributed by atoms with E-state index in [9.17, 15) is 4.79 Å². The second kappa shape index (κ2) is 10.8. The Morgan fingerprint density at radius 2 is 1.65 bits per heavy atom. The summed E-state index contributed by atoms with van der Waals surface area (Å²) >= 11 is 7.41. The molecule has 6 nitrogen and oxygen atoms in total. The van der Waals surface area contributed by atoms with Gasteiger partial charge < -0.3 is 10.1 Å². The SMILES string of the molecule is Cc1ccc(OCc2nnc(SCC(=O)Nc3c(C)cccc3C)n2-c2ccc(Cl)cc2)cc1. The lowest BCUT2D eigenvalue weighted by Gasteiger charge is -2.13. The minimum Gasteiger partial charge on any atom is -0.486 e. The predicted octanol–water partition coefficient (Wildman–Crippen LogP) is 6.16. The van der Waals surface area contributed by atoms with E-state index in [1.807, 2.05) is 92.1 Å². The van der Waals surface area contributed by atoms with Gasteiger partial charge in [-0.1, -0.05) is 59.3 Å². The van der Waals surface area contributed by atoms with Crippen molar-refractivity contribution in [1.29, 1.82) is 0 Å². The summed E-state index contributed by atoms with van der Waals surface area (Å²) in [5.41, 5.74) is 4.90. The number of anilines is 1. The lowest BCUT2D eigenvalue weighted by atomic mass is 10.1. The summed E-state index contributed by atoms with van der Waals surface area (Å²) in [5, 5.41) is 12.9. The maximum atomic E-state index is 12.7. The number of thioether (sulfide) groups is 1. The highest BCUT2D eigenvalue weighted by Crippen LogP contribution is 2.25. The summed E-state index contributed by atoms with van der Waals surface area (Å²) in [7, 11) is 0. The van der Waals surface area contributed by atoms with Crippen molar-refractivity contribution in [3.63, 3.8) is 0 Å². The van der Waals surface area contributed by atoms with Gasteiger partial charge in [-0.15, -0.1) is 10.2 Å². The van der Waals surface area contributed by atoms with Crippen LogP contribution in [0.25, 0.3) is 5.69 Å². The van der Waals surface area contributed by atoms with Crippen LogP contribution in [0.15, 0.2) is 71.9 Å². The zero-order chi connectivity index (χ0) is 24.1. The van der Waals surface area contributed by atoms with Crippen molar-refractivity contribution in [2.45, 2.75) is 32.5 Å². The van der Waals surface area contributed by atoms with Crippen molar-refractivity contribution in [1.82, 2.24) is 14.8 Å². The summed E-state index contributed by atoms with van der Waals surface area (Å²) in [6.07, 6.45) is 0. The fourth-order valence-electron chi connectivity index (χ4n) is 3.44. The van der Waals surface area contributed by atoms with Gasteiger partial charge in [0.1, 0.15) is 12.4 Å². The quantitative estimate of drug-likeness (QED) is 0.298. The third kappa shape index (κ3) is 5.79. The molecule has 0 spiro atoms. The molecule has 8 heteroatoms. The van der Waals surface area contributed by atoms with E-state index in [0.717, 1.165) is 33.8 Å². The van der Waals surface area contributed by atoms with Gasteiger partial charge in [0.05, 0.1) is 5.75 Å². The lowest BCUT2D eigenvalue weighted by Crippen LogP contribution is -2.16. The third-order valence-electron chi connectivity index (χ3n) is 5.25. The number of rotatable bonds is 8. The van der Waals surface area contributed by atoms with E-state index in [4.69, 9.17) is 16.3 Å². The van der Waals surface area contributed by atoms with E-state index in [1.54, 1.807) is 0 Å². The van der Waals surface area contributed by atoms with Crippen LogP contribution < -0.4 is 10.1 Å². The summed E-state index contributed by atoms with van der Waals surface area (Å²) in [6, 6.07) is 21.2. The summed E-state index contributed by atoms with van der Waals surface area (Å²) in [4.78, 5) is 12.7. The first-order valence-corrected chi connectivity index (χ1v) is 12.2. The number of carbonyl (C=O) groups excluding carboxylic acids is 1. The molecule has 3 aromatic carbocycles. The summed E-state index contributed by atoms with van der Waals surface area (Å²) in [6.45, 7) is 6.22. The molecule has 1 amide bonds. The van der Waals surface area contributed by atoms with Crippen molar-refractivity contribution in [2.24, 2.45) is 0 Å². The molecule has 174 valence electrons. The van der Waals surface area contributed by atoms with Gasteiger partial charge in [-0.05, 0) is 68.3 Å². The smallest absolute Gasteiger partial charge is 0.234 e. The van der Waals surface area contributed by atoms with Crippen LogP contribution in [-0.4, -0.2) is 26.4 Å². The highest BCUT2D eigenvalue weighted by molar-refractivity contribution is 7.99. The first-order valence-electron chi connectivity index (χ1n) is 10.8. The van der Waals surface area contributed by atoms with Crippen LogP contribution in [-0.2, 0) is 11.4 Å². The fraction of sp³-hybridized carbons (Fsp3) is 0.192. The van der Waals surface area contributed by atoms with E-state index in [0.29, 0.717) is 16.0 Å². The third-order valence-corrected chi connectivity index (χ3v) is 6.43. The maximum absolute atomic E-state index is 12.7. The molecule has 0 aliphatic rings. The van der Waals surface area contributed by atoms with Gasteiger partial charge in [-0.3, -0.25) is 9.36 Å². The predicted molar refractivity (Wildman–Crippen MR) is 137 cm³/mol. The number of nitrogens with one attached hydrogen (secondary N) is 1. The first-order chi connectivity index (χ1) is 16.4. The molecule has 0 bridgehead atoms. The Morgan fingerprint density at radius 1 is 0.971 bits per heavy atom. The molecule has 1 aromatic heterocycles. The summed E-state index contributed by atoms with van der Waals surface area (Å²) < 4.78 is 7.83. The van der Waals surface area contributed by atoms with E-state index < -0.39 is 0 Å². The standard InChI is InChI=1S/C26H25ClN4O2S/c1-17-7-13-22(14-8-17)33-15-23-29-30-26(31(23)21-11-9-20(27)10-12-21)34-16-24(32)28-25-18(2)5-4-6-19(25)3/h4-14H,15-16H2,1-3H3,(H,28,32). The topological polar surface area (TPSA) is 69.0 Å². The minimum absolute atomic E-state index is 0.106. The molecule has 0 aliphatic heterocycles. The molecule has 0 saturated heterocycles. The number of aromatic nitrogens is 3. The van der Waals surface area contributed by atoms with Crippen LogP contribution in [0.1, 0.15) is 22.5 Å². The second-order valence-electron chi connectivity index (χ2n) is 7.92. The summed E-state index contributed by atoms with van der Waals surface area (Å²) in [5.74, 6) is 1.46. The van der Waals surface area contributed by atoms with Crippen molar-refractivity contribution < 1.29 is 9.53 Å². The first kappa shape index (κ1) is 23.9. The number of ether oxygens (including phenoxy) is 1. The van der Waals surface area contributed by atoms with Gasteiger partial charge in [0.15, 0.2) is 11.0 Å². The highest BCUT2D eigenvalue weighted by Gasteiger charge is 2.17. The largest absolute Gasteiger partial charge is 0.486 e. The van der Waals surface area contributed by atoms with Gasteiger partial charge in [0, 0.05) is 16.4 Å². The number of carbonyl (C=O) groups is 1. The van der Waals surface area contributed by atoms with Crippen molar-refractivity contribution in [2.75, 3.05) is 11.1 Å². The fourth-order valence-corrected chi connectivity index (χ4v) is 4.33. The Kier molecular flexibility index (Phi) is 7.55. The number of benzene rings is 3. The van der Waals surface area contributed by atoms with Crippen LogP contribution in [0.3, 0.4) is 0 Å². The Balaban J connectivity index is 1.52. The number of aryl methyl sites for hydroxylation is 3. The molecule has 0 atom stereocenters. The molecule has 0 unspecified atom stereocenters. The van der Waals surface area contributed by atoms with Crippen LogP contribution in [0.5, 0.6) is 5.75 Å². The molecule has 4 rings (SSSR count). The van der Waals surface area contributed by atoms with Crippen LogP contribution >= 0.6 is 23.4 Å². The van der Waals surface area contributed by atoms with Gasteiger partial charge in [-0.25, -0.2) is 0 Å². The maximum Gasteiger partial charge on any atom is 0.234 e. The Morgan fingerprint density at radius 3 is 2.32 bits per heavy atom. The molecule has 34 heavy (non-hydrogen) atoms. The Hall–Kier alpha value is -3.29. The van der Waals surface area contributed by atoms with Crippen LogP contribution in [0.4, 0.5) is 5.69 Å². The van der Waals surface area contributed by atoms with Gasteiger partial charge in [0.2, 0.25) is 5.91 Å². The number of hydrogen-bond acceptors (Lipinski definition) is 5. The Bertz CT molecular complexity index is 1270. The molecular formula is C26H25ClN4O2S. The van der Waals surface area contributed by atoms with Crippen LogP contribution in [0.2, 0.25) is 5.02 Å². The number of hydrogen-bond donors (Lipinski definition) is 1. The van der Waals surface area contributed by atoms with Gasteiger partial charge in [-0.2, -0.15) is 0 Å². The second-order valence-corrected chi connectivity index (χ2v) is 9.29. The van der Waals surface area contributed by atoms with E-state index in [-0.39, 0.29) is 18.3 Å². The normalized spacial score (nSPS) is 10.8. The Labute approximate surface area is 208 Å². The number of para-hydroxylation sites is 1. The average Bonchev–Trinajstić information content (AvgIpc) is 3.23. The minimum atomic E-state index is -0.106. The zero-order valence-corrected chi connectivity index (χ0v) is 20.8. The van der Waals surface area contributed by atoms with E-state index in [1.165, 1.54) is 11.8 Å². The van der Waals surface area contributed by atoms with E-state index in [2.05, 4.69) is 15.5 Å². The molecule has 0 fully saturated rings. The lowest BCUT2D eigenvalue weighted by molar-refractivity contribution is -0.113. The zero-order valence-electron chi connectivity index (χ0n) is 19.2. The monoisotopic (exact) mass is 492 g/mol. The molecular weight excluding hydrogens is 468 g/mol. The van der Waals surface area contributed by atoms with Crippen molar-refractivity contribution in [3.8, 4) is 11.4 Å². The molecule has 0 saturated carbocycles. The molecule has 1 N–H and O–H groups in total. The average molecular weight is 493 g/mol. The van der Waals surface area contributed by atoms with Gasteiger partial charge >= 0.3 is 0 Å². The van der Waals surface area contributed by atoms with Crippen molar-refractivity contribution in [3.05, 3.63) is 94.3 Å². The van der Waals surface area contributed by atoms with E-state index >= 15 is 0 Å². The van der Waals surface area contributed by atoms with Crippen molar-refractivity contribution >= 4 is 35.0 Å². The molecule has 1 heterocycles. The molecule has 0 aliphatic carbocycles. The van der Waals surface area contributed by atoms with Gasteiger partial charge in [0.25, 0.3) is 0 Å².